The molecule has 5 nitrogen and oxygen atoms in total. The second-order valence-corrected chi connectivity index (χ2v) is 6.29. The number of rotatable bonds is 8. The van der Waals surface area contributed by atoms with E-state index in [2.05, 4.69) is 19.2 Å². The predicted octanol–water partition coefficient (Wildman–Crippen LogP) is 1.95. The largest absolute Gasteiger partial charge is 0.380 e. The first-order valence-corrected chi connectivity index (χ1v) is 8.13. The van der Waals surface area contributed by atoms with E-state index in [1.807, 2.05) is 13.8 Å². The molecule has 1 heterocycles. The van der Waals surface area contributed by atoms with Crippen molar-refractivity contribution >= 4 is 11.8 Å². The third-order valence-corrected chi connectivity index (χ3v) is 3.82. The van der Waals surface area contributed by atoms with Gasteiger partial charge in [-0.05, 0) is 25.7 Å². The fraction of sp³-hybridized carbons (Fsp3) is 0.875. The first-order valence-electron chi connectivity index (χ1n) is 8.13. The second kappa shape index (κ2) is 9.03. The quantitative estimate of drug-likeness (QED) is 0.697. The van der Waals surface area contributed by atoms with E-state index >= 15 is 0 Å². The van der Waals surface area contributed by atoms with Gasteiger partial charge in [-0.15, -0.1) is 0 Å². The van der Waals surface area contributed by atoms with Crippen molar-refractivity contribution in [2.75, 3.05) is 19.8 Å². The van der Waals surface area contributed by atoms with Crippen molar-refractivity contribution in [1.82, 2.24) is 10.2 Å². The third-order valence-electron chi connectivity index (χ3n) is 3.82. The highest BCUT2D eigenvalue weighted by atomic mass is 16.5. The van der Waals surface area contributed by atoms with Crippen LogP contribution in [0.5, 0.6) is 0 Å². The van der Waals surface area contributed by atoms with E-state index in [0.717, 1.165) is 19.4 Å². The molecule has 2 amide bonds. The molecule has 0 saturated carbocycles. The molecule has 0 aromatic rings. The molecule has 1 saturated heterocycles. The Labute approximate surface area is 128 Å². The van der Waals surface area contributed by atoms with Gasteiger partial charge in [0.05, 0.1) is 6.61 Å². The fourth-order valence-corrected chi connectivity index (χ4v) is 2.51. The number of nitrogens with one attached hydrogen (secondary N) is 1. The fourth-order valence-electron chi connectivity index (χ4n) is 2.51. The van der Waals surface area contributed by atoms with Crippen LogP contribution >= 0.6 is 0 Å². The molecule has 0 bridgehead atoms. The number of carbonyl (C=O) groups is 2. The monoisotopic (exact) mass is 298 g/mol. The third kappa shape index (κ3) is 6.04. The second-order valence-electron chi connectivity index (χ2n) is 6.29. The molecule has 5 heteroatoms. The van der Waals surface area contributed by atoms with Gasteiger partial charge in [0.15, 0.2) is 0 Å². The van der Waals surface area contributed by atoms with Crippen molar-refractivity contribution in [3.63, 3.8) is 0 Å². The van der Waals surface area contributed by atoms with Gasteiger partial charge < -0.3 is 15.0 Å². The van der Waals surface area contributed by atoms with Crippen molar-refractivity contribution in [2.24, 2.45) is 5.92 Å². The molecule has 21 heavy (non-hydrogen) atoms. The molecule has 0 aromatic heterocycles. The zero-order valence-corrected chi connectivity index (χ0v) is 13.9. The first kappa shape index (κ1) is 18.0. The van der Waals surface area contributed by atoms with Crippen molar-refractivity contribution < 1.29 is 14.3 Å². The Morgan fingerprint density at radius 1 is 1.33 bits per heavy atom. The van der Waals surface area contributed by atoms with E-state index in [-0.39, 0.29) is 23.9 Å². The van der Waals surface area contributed by atoms with Gasteiger partial charge in [0, 0.05) is 25.6 Å². The number of amides is 2. The molecule has 2 unspecified atom stereocenters. The molecule has 0 spiro atoms. The number of nitrogens with zero attached hydrogens (tertiary/aromatic N) is 1. The average Bonchev–Trinajstić information content (AvgIpc) is 2.49. The van der Waals surface area contributed by atoms with Gasteiger partial charge in [-0.1, -0.05) is 27.2 Å². The van der Waals surface area contributed by atoms with Gasteiger partial charge in [-0.25, -0.2) is 0 Å². The van der Waals surface area contributed by atoms with Crippen LogP contribution in [0, 0.1) is 5.92 Å². The Hall–Kier alpha value is -1.10. The van der Waals surface area contributed by atoms with Crippen LogP contribution in [0.1, 0.15) is 53.4 Å². The summed E-state index contributed by atoms with van der Waals surface area (Å²) < 4.78 is 5.61. The first-order chi connectivity index (χ1) is 9.95. The van der Waals surface area contributed by atoms with Crippen LogP contribution in [0.2, 0.25) is 0 Å². The van der Waals surface area contributed by atoms with Gasteiger partial charge in [0.2, 0.25) is 11.8 Å². The van der Waals surface area contributed by atoms with Gasteiger partial charge in [0.25, 0.3) is 0 Å². The SMILES string of the molecule is CCCC1NC(=O)CC(C)N(CCOCCC(C)C)C1=O. The molecule has 1 N–H and O–H groups in total. The maximum atomic E-state index is 12.5. The van der Waals surface area contributed by atoms with E-state index in [1.54, 1.807) is 4.90 Å². The zero-order chi connectivity index (χ0) is 15.8. The van der Waals surface area contributed by atoms with Crippen molar-refractivity contribution in [3.05, 3.63) is 0 Å². The van der Waals surface area contributed by atoms with Gasteiger partial charge >= 0.3 is 0 Å². The summed E-state index contributed by atoms with van der Waals surface area (Å²) in [6, 6.07) is -0.434. The van der Waals surface area contributed by atoms with Crippen LogP contribution in [-0.2, 0) is 14.3 Å². The predicted molar refractivity (Wildman–Crippen MR) is 82.9 cm³/mol. The van der Waals surface area contributed by atoms with Crippen molar-refractivity contribution in [3.8, 4) is 0 Å². The molecule has 1 rings (SSSR count). The van der Waals surface area contributed by atoms with Crippen LogP contribution in [0.25, 0.3) is 0 Å². The highest BCUT2D eigenvalue weighted by Crippen LogP contribution is 2.14. The van der Waals surface area contributed by atoms with Crippen LogP contribution in [-0.4, -0.2) is 48.6 Å². The summed E-state index contributed by atoms with van der Waals surface area (Å²) in [5.74, 6) is 0.625. The lowest BCUT2D eigenvalue weighted by atomic mass is 10.1. The van der Waals surface area contributed by atoms with Gasteiger partial charge in [-0.2, -0.15) is 0 Å². The van der Waals surface area contributed by atoms with E-state index in [1.165, 1.54) is 0 Å². The molecular formula is C16H30N2O3. The molecule has 122 valence electrons. The molecule has 0 aliphatic carbocycles. The number of carbonyl (C=O) groups excluding carboxylic acids is 2. The summed E-state index contributed by atoms with van der Waals surface area (Å²) in [5.41, 5.74) is 0. The van der Waals surface area contributed by atoms with Crippen molar-refractivity contribution in [1.29, 1.82) is 0 Å². The highest BCUT2D eigenvalue weighted by molar-refractivity contribution is 5.90. The molecule has 1 aliphatic rings. The summed E-state index contributed by atoms with van der Waals surface area (Å²) in [5, 5.41) is 2.84. The number of hydrogen-bond donors (Lipinski definition) is 1. The average molecular weight is 298 g/mol. The summed E-state index contributed by atoms with van der Waals surface area (Å²) in [6.45, 7) is 10.1. The zero-order valence-electron chi connectivity index (χ0n) is 13.9. The lowest BCUT2D eigenvalue weighted by molar-refractivity contribution is -0.135. The summed E-state index contributed by atoms with van der Waals surface area (Å²) in [7, 11) is 0. The lowest BCUT2D eigenvalue weighted by Crippen LogP contribution is -2.47. The smallest absolute Gasteiger partial charge is 0.245 e. The van der Waals surface area contributed by atoms with Crippen LogP contribution in [0.4, 0.5) is 0 Å². The summed E-state index contributed by atoms with van der Waals surface area (Å²) >= 11 is 0. The Kier molecular flexibility index (Phi) is 7.72. The van der Waals surface area contributed by atoms with Crippen molar-refractivity contribution in [2.45, 2.75) is 65.5 Å². The minimum absolute atomic E-state index is 0.0301. The van der Waals surface area contributed by atoms with Gasteiger partial charge in [0.1, 0.15) is 6.04 Å². The minimum atomic E-state index is -0.372. The topological polar surface area (TPSA) is 58.6 Å². The van der Waals surface area contributed by atoms with Crippen LogP contribution in [0.3, 0.4) is 0 Å². The van der Waals surface area contributed by atoms with E-state index in [0.29, 0.717) is 31.9 Å². The standard InChI is InChI=1S/C16H30N2O3/c1-5-6-14-16(20)18(13(4)11-15(19)17-14)8-10-21-9-7-12(2)3/h12-14H,5-11H2,1-4H3,(H,17,19). The molecule has 0 aromatic carbocycles. The van der Waals surface area contributed by atoms with Gasteiger partial charge in [-0.3, -0.25) is 9.59 Å². The molecule has 2 atom stereocenters. The maximum Gasteiger partial charge on any atom is 0.245 e. The van der Waals surface area contributed by atoms with Crippen LogP contribution < -0.4 is 5.32 Å². The number of ether oxygens (including phenoxy) is 1. The highest BCUT2D eigenvalue weighted by Gasteiger charge is 2.32. The molecule has 1 aliphatic heterocycles. The van der Waals surface area contributed by atoms with E-state index in [9.17, 15) is 9.59 Å². The molecule has 0 radical (unpaired) electrons. The number of hydrogen-bond acceptors (Lipinski definition) is 3. The maximum absolute atomic E-state index is 12.5. The van der Waals surface area contributed by atoms with E-state index in [4.69, 9.17) is 4.74 Å². The Bertz CT molecular complexity index is 344. The Morgan fingerprint density at radius 3 is 2.67 bits per heavy atom. The summed E-state index contributed by atoms with van der Waals surface area (Å²) in [6.07, 6.45) is 2.98. The van der Waals surface area contributed by atoms with E-state index < -0.39 is 0 Å². The summed E-state index contributed by atoms with van der Waals surface area (Å²) in [4.78, 5) is 26.1. The minimum Gasteiger partial charge on any atom is -0.380 e. The Balaban J connectivity index is 2.51. The lowest BCUT2D eigenvalue weighted by Gasteiger charge is -2.28. The normalized spacial score (nSPS) is 23.4. The molecule has 1 fully saturated rings. The van der Waals surface area contributed by atoms with Crippen LogP contribution in [0.15, 0.2) is 0 Å². The molecular weight excluding hydrogens is 268 g/mol. The Morgan fingerprint density at radius 2 is 2.05 bits per heavy atom.